The van der Waals surface area contributed by atoms with Gasteiger partial charge in [-0.1, -0.05) is 30.0 Å². The average molecular weight is 353 g/mol. The molecule has 128 valence electrons. The molecule has 3 rings (SSSR count). The molecule has 0 spiro atoms. The number of hydrogen-bond donors (Lipinski definition) is 0. The van der Waals surface area contributed by atoms with Crippen LogP contribution in [0.1, 0.15) is 15.9 Å². The lowest BCUT2D eigenvalue weighted by Crippen LogP contribution is -2.04. The van der Waals surface area contributed by atoms with E-state index in [1.54, 1.807) is 32.4 Å². The summed E-state index contributed by atoms with van der Waals surface area (Å²) in [5.41, 5.74) is 2.71. The number of para-hydroxylation sites is 1. The van der Waals surface area contributed by atoms with Crippen LogP contribution in [0.3, 0.4) is 0 Å². The largest absolute Gasteiger partial charge is 0.493 e. The van der Waals surface area contributed by atoms with Gasteiger partial charge in [-0.2, -0.15) is 0 Å². The second-order valence-electron chi connectivity index (χ2n) is 5.58. The number of thioether (sulfide) groups is 1. The topological polar surface area (TPSA) is 48.4 Å². The maximum absolute atomic E-state index is 12.5. The van der Waals surface area contributed by atoms with Crippen LogP contribution in [-0.2, 0) is 0 Å². The minimum atomic E-state index is 0.0264. The van der Waals surface area contributed by atoms with Crippen LogP contribution < -0.4 is 9.47 Å². The van der Waals surface area contributed by atoms with Crippen molar-refractivity contribution in [1.82, 2.24) is 4.98 Å². The van der Waals surface area contributed by atoms with Gasteiger partial charge in [0.05, 0.1) is 30.5 Å². The first-order valence-electron chi connectivity index (χ1n) is 7.87. The molecule has 0 fully saturated rings. The van der Waals surface area contributed by atoms with Crippen molar-refractivity contribution in [3.8, 4) is 11.5 Å². The summed E-state index contributed by atoms with van der Waals surface area (Å²) in [5.74, 6) is 1.51. The summed E-state index contributed by atoms with van der Waals surface area (Å²) in [6.07, 6.45) is 0. The molecule has 2 aromatic carbocycles. The summed E-state index contributed by atoms with van der Waals surface area (Å²) in [5, 5.41) is 1.99. The van der Waals surface area contributed by atoms with Crippen molar-refractivity contribution >= 4 is 28.4 Å². The fraction of sp³-hybridized carbons (Fsp3) is 0.200. The molecule has 1 aromatic heterocycles. The molecule has 0 bridgehead atoms. The van der Waals surface area contributed by atoms with Crippen LogP contribution in [-0.4, -0.2) is 30.7 Å². The minimum Gasteiger partial charge on any atom is -0.493 e. The van der Waals surface area contributed by atoms with Crippen LogP contribution in [0.5, 0.6) is 11.5 Å². The molecule has 1 heterocycles. The monoisotopic (exact) mass is 353 g/mol. The number of rotatable bonds is 6. The number of benzene rings is 2. The summed E-state index contributed by atoms with van der Waals surface area (Å²) in [6.45, 7) is 2.06. The summed E-state index contributed by atoms with van der Waals surface area (Å²) in [6, 6.07) is 15.3. The number of pyridine rings is 1. The van der Waals surface area contributed by atoms with Crippen molar-refractivity contribution in [2.75, 3.05) is 20.0 Å². The molecule has 0 unspecified atom stereocenters. The van der Waals surface area contributed by atoms with Crippen LogP contribution in [0.15, 0.2) is 53.6 Å². The third-order valence-corrected chi connectivity index (χ3v) is 4.87. The molecule has 0 saturated carbocycles. The van der Waals surface area contributed by atoms with Crippen LogP contribution in [0.4, 0.5) is 0 Å². The van der Waals surface area contributed by atoms with Gasteiger partial charge in [0.25, 0.3) is 0 Å². The average Bonchev–Trinajstić information content (AvgIpc) is 2.65. The molecular formula is C20H19NO3S. The van der Waals surface area contributed by atoms with Crippen molar-refractivity contribution < 1.29 is 14.3 Å². The lowest BCUT2D eigenvalue weighted by Gasteiger charge is -2.09. The van der Waals surface area contributed by atoms with Crippen LogP contribution in [0.2, 0.25) is 0 Å². The van der Waals surface area contributed by atoms with Crippen LogP contribution in [0.25, 0.3) is 10.9 Å². The molecule has 3 aromatic rings. The Bertz CT molecular complexity index is 924. The zero-order valence-electron chi connectivity index (χ0n) is 14.4. The number of aryl methyl sites for hydroxylation is 1. The van der Waals surface area contributed by atoms with Crippen LogP contribution >= 0.6 is 11.8 Å². The Kier molecular flexibility index (Phi) is 5.24. The van der Waals surface area contributed by atoms with E-state index in [4.69, 9.17) is 9.47 Å². The molecular weight excluding hydrogens is 334 g/mol. The molecule has 0 amide bonds. The Hall–Kier alpha value is -2.53. The lowest BCUT2D eigenvalue weighted by atomic mass is 10.1. The highest BCUT2D eigenvalue weighted by atomic mass is 32.2. The smallest absolute Gasteiger partial charge is 0.173 e. The maximum Gasteiger partial charge on any atom is 0.173 e. The van der Waals surface area contributed by atoms with Gasteiger partial charge in [0.15, 0.2) is 17.3 Å². The van der Waals surface area contributed by atoms with E-state index in [9.17, 15) is 4.79 Å². The fourth-order valence-electron chi connectivity index (χ4n) is 2.62. The van der Waals surface area contributed by atoms with Crippen molar-refractivity contribution in [3.05, 3.63) is 59.7 Å². The molecule has 0 atom stereocenters. The Morgan fingerprint density at radius 1 is 1.04 bits per heavy atom. The van der Waals surface area contributed by atoms with Crippen LogP contribution in [0, 0.1) is 6.92 Å². The van der Waals surface area contributed by atoms with Gasteiger partial charge in [0.2, 0.25) is 0 Å². The van der Waals surface area contributed by atoms with Crippen molar-refractivity contribution in [3.63, 3.8) is 0 Å². The van der Waals surface area contributed by atoms with Gasteiger partial charge in [0, 0.05) is 10.9 Å². The van der Waals surface area contributed by atoms with Gasteiger partial charge in [-0.05, 0) is 42.8 Å². The first-order chi connectivity index (χ1) is 12.1. The van der Waals surface area contributed by atoms with Crippen molar-refractivity contribution in [1.29, 1.82) is 0 Å². The van der Waals surface area contributed by atoms with Gasteiger partial charge < -0.3 is 9.47 Å². The number of carbonyl (C=O) groups is 1. The van der Waals surface area contributed by atoms with Gasteiger partial charge in [-0.3, -0.25) is 4.79 Å². The first-order valence-corrected chi connectivity index (χ1v) is 8.85. The van der Waals surface area contributed by atoms with E-state index in [0.717, 1.165) is 21.5 Å². The number of hydrogen-bond acceptors (Lipinski definition) is 5. The van der Waals surface area contributed by atoms with E-state index in [1.807, 2.05) is 24.3 Å². The Balaban J connectivity index is 1.76. The molecule has 0 aliphatic heterocycles. The summed E-state index contributed by atoms with van der Waals surface area (Å²) >= 11 is 1.44. The molecule has 0 aliphatic carbocycles. The molecule has 25 heavy (non-hydrogen) atoms. The third-order valence-electron chi connectivity index (χ3n) is 3.96. The Morgan fingerprint density at radius 2 is 1.80 bits per heavy atom. The third kappa shape index (κ3) is 3.77. The highest BCUT2D eigenvalue weighted by molar-refractivity contribution is 7.99. The lowest BCUT2D eigenvalue weighted by molar-refractivity contribution is 0.102. The molecule has 4 nitrogen and oxygen atoms in total. The predicted molar refractivity (Wildman–Crippen MR) is 101 cm³/mol. The van der Waals surface area contributed by atoms with E-state index in [0.29, 0.717) is 22.8 Å². The van der Waals surface area contributed by atoms with Gasteiger partial charge in [-0.25, -0.2) is 4.98 Å². The number of methoxy groups -OCH3 is 2. The molecule has 0 saturated heterocycles. The number of nitrogens with zero attached hydrogens (tertiary/aromatic N) is 1. The molecule has 0 N–H and O–H groups in total. The zero-order chi connectivity index (χ0) is 17.8. The Labute approximate surface area is 151 Å². The van der Waals surface area contributed by atoms with Gasteiger partial charge >= 0.3 is 0 Å². The minimum absolute atomic E-state index is 0.0264. The second-order valence-corrected chi connectivity index (χ2v) is 6.57. The molecule has 0 radical (unpaired) electrons. The quantitative estimate of drug-likeness (QED) is 0.481. The van der Waals surface area contributed by atoms with Crippen molar-refractivity contribution in [2.45, 2.75) is 11.9 Å². The highest BCUT2D eigenvalue weighted by Crippen LogP contribution is 2.29. The number of ether oxygens (including phenoxy) is 2. The standard InChI is InChI=1S/C20H19NO3S/c1-13-10-20(21-16-7-5-4-6-15(13)16)25-12-17(22)14-8-9-18(23-2)19(11-14)24-3/h4-11H,12H2,1-3H3. The van der Waals surface area contributed by atoms with E-state index >= 15 is 0 Å². The summed E-state index contributed by atoms with van der Waals surface area (Å²) in [4.78, 5) is 17.1. The number of fused-ring (bicyclic) bond motifs is 1. The number of Topliss-reactive ketones (excluding diaryl/α,β-unsaturated/α-hetero) is 1. The second kappa shape index (κ2) is 7.57. The number of aromatic nitrogens is 1. The zero-order valence-corrected chi connectivity index (χ0v) is 15.2. The molecule has 0 aliphatic rings. The number of carbonyl (C=O) groups excluding carboxylic acids is 1. The fourth-order valence-corrected chi connectivity index (χ4v) is 3.49. The molecule has 5 heteroatoms. The van der Waals surface area contributed by atoms with E-state index in [-0.39, 0.29) is 5.78 Å². The van der Waals surface area contributed by atoms with Gasteiger partial charge in [0.1, 0.15) is 0 Å². The Morgan fingerprint density at radius 3 is 2.56 bits per heavy atom. The SMILES string of the molecule is COc1ccc(C(=O)CSc2cc(C)c3ccccc3n2)cc1OC. The summed E-state index contributed by atoms with van der Waals surface area (Å²) < 4.78 is 10.5. The van der Waals surface area contributed by atoms with Gasteiger partial charge in [-0.15, -0.1) is 0 Å². The van der Waals surface area contributed by atoms with E-state index < -0.39 is 0 Å². The predicted octanol–water partition coefficient (Wildman–Crippen LogP) is 4.54. The number of ketones is 1. The maximum atomic E-state index is 12.5. The summed E-state index contributed by atoms with van der Waals surface area (Å²) in [7, 11) is 3.13. The normalized spacial score (nSPS) is 10.7. The van der Waals surface area contributed by atoms with E-state index in [1.165, 1.54) is 11.8 Å². The van der Waals surface area contributed by atoms with Crippen molar-refractivity contribution in [2.24, 2.45) is 0 Å². The highest BCUT2D eigenvalue weighted by Gasteiger charge is 2.12. The first kappa shape index (κ1) is 17.3. The van der Waals surface area contributed by atoms with E-state index in [2.05, 4.69) is 18.0 Å².